The Morgan fingerprint density at radius 2 is 1.79 bits per heavy atom. The lowest BCUT2D eigenvalue weighted by Crippen LogP contribution is -2.05. The Kier molecular flexibility index (Phi) is 4.66. The quantitative estimate of drug-likeness (QED) is 0.707. The lowest BCUT2D eigenvalue weighted by molar-refractivity contribution is 0.437. The zero-order valence-electron chi connectivity index (χ0n) is 12.5. The number of benzene rings is 2. The van der Waals surface area contributed by atoms with Crippen molar-refractivity contribution in [2.75, 3.05) is 5.73 Å². The first-order valence-electron chi connectivity index (χ1n) is 7.14. The van der Waals surface area contributed by atoms with Crippen LogP contribution in [0.1, 0.15) is 11.3 Å². The van der Waals surface area contributed by atoms with E-state index < -0.39 is 0 Å². The number of halogens is 2. The summed E-state index contributed by atoms with van der Waals surface area (Å²) in [5.74, 6) is 0.975. The highest BCUT2D eigenvalue weighted by Crippen LogP contribution is 2.33. The zero-order valence-corrected chi connectivity index (χ0v) is 14.1. The van der Waals surface area contributed by atoms with Gasteiger partial charge in [-0.15, -0.1) is 0 Å². The van der Waals surface area contributed by atoms with Crippen molar-refractivity contribution in [2.24, 2.45) is 0 Å². The molecular weight excluding hydrogens is 345 g/mol. The molecular formula is C18H13Cl2N3O. The molecule has 0 aliphatic carbocycles. The number of nitrogens with zero attached hydrogens (tertiary/aromatic N) is 2. The van der Waals surface area contributed by atoms with Gasteiger partial charge in [0.1, 0.15) is 17.5 Å². The van der Waals surface area contributed by atoms with E-state index in [1.165, 1.54) is 0 Å². The minimum Gasteiger partial charge on any atom is -0.439 e. The third-order valence-corrected chi connectivity index (χ3v) is 4.12. The minimum atomic E-state index is 0.378. The molecule has 0 atom stereocenters. The maximum atomic E-state index is 9.37. The van der Waals surface area contributed by atoms with Gasteiger partial charge in [0.25, 0.3) is 0 Å². The van der Waals surface area contributed by atoms with Crippen LogP contribution in [-0.2, 0) is 6.54 Å². The van der Waals surface area contributed by atoms with Crippen molar-refractivity contribution in [3.8, 4) is 17.7 Å². The molecule has 24 heavy (non-hydrogen) atoms. The average Bonchev–Trinajstić information content (AvgIpc) is 2.87. The normalized spacial score (nSPS) is 10.4. The van der Waals surface area contributed by atoms with Gasteiger partial charge in [-0.3, -0.25) is 4.57 Å². The molecule has 0 aliphatic rings. The van der Waals surface area contributed by atoms with Crippen molar-refractivity contribution in [3.63, 3.8) is 0 Å². The van der Waals surface area contributed by atoms with E-state index in [0.717, 1.165) is 5.56 Å². The molecule has 0 aliphatic heterocycles. The van der Waals surface area contributed by atoms with E-state index in [1.807, 2.05) is 18.2 Å². The Morgan fingerprint density at radius 1 is 1.08 bits per heavy atom. The van der Waals surface area contributed by atoms with Crippen molar-refractivity contribution < 1.29 is 4.74 Å². The lowest BCUT2D eigenvalue weighted by atomic mass is 10.2. The molecule has 0 saturated heterocycles. The molecule has 120 valence electrons. The second kappa shape index (κ2) is 6.88. The predicted molar refractivity (Wildman–Crippen MR) is 95.6 cm³/mol. The van der Waals surface area contributed by atoms with E-state index in [-0.39, 0.29) is 0 Å². The summed E-state index contributed by atoms with van der Waals surface area (Å²) in [6, 6.07) is 18.1. The van der Waals surface area contributed by atoms with Crippen LogP contribution in [0.5, 0.6) is 11.6 Å². The summed E-state index contributed by atoms with van der Waals surface area (Å²) in [4.78, 5) is 0. The van der Waals surface area contributed by atoms with E-state index in [4.69, 9.17) is 33.7 Å². The number of hydrogen-bond donors (Lipinski definition) is 1. The van der Waals surface area contributed by atoms with Crippen LogP contribution in [0.25, 0.3) is 0 Å². The molecule has 0 unspecified atom stereocenters. The summed E-state index contributed by atoms with van der Waals surface area (Å²) in [5, 5.41) is 10.6. The fourth-order valence-corrected chi connectivity index (χ4v) is 2.65. The van der Waals surface area contributed by atoms with Gasteiger partial charge in [-0.05, 0) is 35.9 Å². The summed E-state index contributed by atoms with van der Waals surface area (Å²) < 4.78 is 7.57. The molecule has 0 saturated carbocycles. The molecule has 1 aromatic heterocycles. The highest BCUT2D eigenvalue weighted by molar-refractivity contribution is 6.31. The second-order valence-electron chi connectivity index (χ2n) is 5.14. The van der Waals surface area contributed by atoms with Crippen LogP contribution >= 0.6 is 23.2 Å². The number of nitrogen functional groups attached to an aromatic ring is 1. The van der Waals surface area contributed by atoms with Gasteiger partial charge in [0.05, 0.1) is 12.2 Å². The molecule has 0 bridgehead atoms. The van der Waals surface area contributed by atoms with Gasteiger partial charge >= 0.3 is 0 Å². The van der Waals surface area contributed by atoms with Crippen LogP contribution in [0.3, 0.4) is 0 Å². The summed E-state index contributed by atoms with van der Waals surface area (Å²) >= 11 is 12.1. The predicted octanol–water partition coefficient (Wildman–Crippen LogP) is 5.09. The van der Waals surface area contributed by atoms with Gasteiger partial charge in [0.15, 0.2) is 0 Å². The molecule has 0 radical (unpaired) electrons. The number of nitrogens with two attached hydrogens (primary N) is 1. The molecule has 0 spiro atoms. The van der Waals surface area contributed by atoms with Gasteiger partial charge < -0.3 is 10.5 Å². The van der Waals surface area contributed by atoms with E-state index >= 15 is 0 Å². The fraction of sp³-hybridized carbons (Fsp3) is 0.0556. The van der Waals surface area contributed by atoms with E-state index in [9.17, 15) is 5.26 Å². The summed E-state index contributed by atoms with van der Waals surface area (Å²) in [6.45, 7) is 0.378. The van der Waals surface area contributed by atoms with E-state index in [2.05, 4.69) is 6.07 Å². The topological polar surface area (TPSA) is 64.0 Å². The monoisotopic (exact) mass is 357 g/mol. The van der Waals surface area contributed by atoms with Gasteiger partial charge in [0.2, 0.25) is 5.88 Å². The van der Waals surface area contributed by atoms with Crippen molar-refractivity contribution in [1.29, 1.82) is 5.26 Å². The van der Waals surface area contributed by atoms with Crippen molar-refractivity contribution >= 4 is 28.9 Å². The molecule has 0 fully saturated rings. The number of anilines is 1. The van der Waals surface area contributed by atoms with Crippen LogP contribution in [0, 0.1) is 11.3 Å². The fourth-order valence-electron chi connectivity index (χ4n) is 2.33. The maximum Gasteiger partial charge on any atom is 0.224 e. The Hall–Kier alpha value is -2.61. The van der Waals surface area contributed by atoms with Gasteiger partial charge in [-0.25, -0.2) is 0 Å². The first-order chi connectivity index (χ1) is 11.6. The van der Waals surface area contributed by atoms with Crippen LogP contribution < -0.4 is 10.5 Å². The van der Waals surface area contributed by atoms with Crippen LogP contribution in [0.4, 0.5) is 5.69 Å². The Labute approximate surface area is 149 Å². The second-order valence-corrected chi connectivity index (χ2v) is 5.98. The summed E-state index contributed by atoms with van der Waals surface area (Å²) in [7, 11) is 0. The first-order valence-corrected chi connectivity index (χ1v) is 7.90. The highest BCUT2D eigenvalue weighted by Gasteiger charge is 2.16. The number of hydrogen-bond acceptors (Lipinski definition) is 3. The highest BCUT2D eigenvalue weighted by atomic mass is 35.5. The number of rotatable bonds is 4. The molecule has 1 heterocycles. The van der Waals surface area contributed by atoms with Gasteiger partial charge in [-0.2, -0.15) is 5.26 Å². The minimum absolute atomic E-state index is 0.378. The molecule has 6 heteroatoms. The van der Waals surface area contributed by atoms with Crippen LogP contribution in [0.15, 0.2) is 54.6 Å². The van der Waals surface area contributed by atoms with E-state index in [0.29, 0.717) is 39.6 Å². The average molecular weight is 358 g/mol. The van der Waals surface area contributed by atoms with Gasteiger partial charge in [-0.1, -0.05) is 41.4 Å². The van der Waals surface area contributed by atoms with Crippen LogP contribution in [-0.4, -0.2) is 4.57 Å². The maximum absolute atomic E-state index is 9.37. The van der Waals surface area contributed by atoms with E-state index in [1.54, 1.807) is 41.0 Å². The van der Waals surface area contributed by atoms with Crippen molar-refractivity contribution in [2.45, 2.75) is 6.54 Å². The number of nitriles is 1. The third-order valence-electron chi connectivity index (χ3n) is 3.50. The van der Waals surface area contributed by atoms with Crippen molar-refractivity contribution in [1.82, 2.24) is 4.57 Å². The largest absolute Gasteiger partial charge is 0.439 e. The summed E-state index contributed by atoms with van der Waals surface area (Å²) in [6.07, 6.45) is 0. The van der Waals surface area contributed by atoms with Crippen LogP contribution in [0.2, 0.25) is 10.0 Å². The lowest BCUT2D eigenvalue weighted by Gasteiger charge is -2.13. The third kappa shape index (κ3) is 3.33. The smallest absolute Gasteiger partial charge is 0.224 e. The molecule has 3 rings (SSSR count). The SMILES string of the molecule is N#Cc1cc(N)c(Oc2ccc(Cl)cc2)n1Cc1ccccc1Cl. The molecule has 2 N–H and O–H groups in total. The molecule has 3 aromatic rings. The van der Waals surface area contributed by atoms with Gasteiger partial charge in [0, 0.05) is 16.1 Å². The Bertz CT molecular complexity index is 911. The van der Waals surface area contributed by atoms with Crippen molar-refractivity contribution in [3.05, 3.63) is 75.9 Å². The zero-order chi connectivity index (χ0) is 17.1. The first kappa shape index (κ1) is 16.3. The summed E-state index contributed by atoms with van der Waals surface area (Å²) in [5.41, 5.74) is 7.68. The number of ether oxygens (including phenoxy) is 1. The molecule has 0 amide bonds. The Morgan fingerprint density at radius 3 is 2.46 bits per heavy atom. The molecule has 2 aromatic carbocycles. The standard InChI is InChI=1S/C18H13Cl2N3O/c19-13-5-7-15(8-6-13)24-18-17(22)9-14(10-21)23(18)11-12-3-1-2-4-16(12)20/h1-9H,11,22H2. The Balaban J connectivity index is 2.00. The molecule has 4 nitrogen and oxygen atoms in total. The number of aromatic nitrogens is 1.